The SMILES string of the molecule is Cc1ccc(N2C(=O)/C(=C\c3cccc(OCc4c(F)cccc4Cl)c3)SC2=S)c(C)c1. The van der Waals surface area contributed by atoms with Crippen molar-refractivity contribution in [2.24, 2.45) is 0 Å². The summed E-state index contributed by atoms with van der Waals surface area (Å²) in [5.41, 5.74) is 3.99. The van der Waals surface area contributed by atoms with Crippen LogP contribution in [0.25, 0.3) is 6.08 Å². The molecule has 1 heterocycles. The molecule has 3 nitrogen and oxygen atoms in total. The molecule has 7 heteroatoms. The molecule has 0 saturated carbocycles. The molecule has 32 heavy (non-hydrogen) atoms. The Bertz CT molecular complexity index is 1240. The quantitative estimate of drug-likeness (QED) is 0.286. The zero-order valence-corrected chi connectivity index (χ0v) is 19.8. The highest BCUT2D eigenvalue weighted by molar-refractivity contribution is 8.27. The molecule has 1 aliphatic heterocycles. The van der Waals surface area contributed by atoms with Gasteiger partial charge in [0.05, 0.1) is 15.6 Å². The molecule has 0 radical (unpaired) electrons. The number of thiocarbonyl (C=S) groups is 1. The van der Waals surface area contributed by atoms with Crippen molar-refractivity contribution >= 4 is 57.6 Å². The Morgan fingerprint density at radius 3 is 2.66 bits per heavy atom. The highest BCUT2D eigenvalue weighted by atomic mass is 35.5. The highest BCUT2D eigenvalue weighted by Crippen LogP contribution is 2.37. The third-order valence-electron chi connectivity index (χ3n) is 4.99. The van der Waals surface area contributed by atoms with Gasteiger partial charge in [-0.25, -0.2) is 4.39 Å². The minimum absolute atomic E-state index is 0.00375. The highest BCUT2D eigenvalue weighted by Gasteiger charge is 2.34. The molecular weight excluding hydrogens is 465 g/mol. The Morgan fingerprint density at radius 2 is 1.91 bits per heavy atom. The molecule has 0 spiro atoms. The topological polar surface area (TPSA) is 29.5 Å². The fourth-order valence-electron chi connectivity index (χ4n) is 3.40. The number of anilines is 1. The Hall–Kier alpha value is -2.67. The van der Waals surface area contributed by atoms with Crippen molar-refractivity contribution in [3.05, 3.63) is 98.7 Å². The molecule has 0 N–H and O–H groups in total. The molecule has 0 atom stereocenters. The monoisotopic (exact) mass is 483 g/mol. The third-order valence-corrected chi connectivity index (χ3v) is 6.64. The van der Waals surface area contributed by atoms with Crippen molar-refractivity contribution in [3.8, 4) is 5.75 Å². The van der Waals surface area contributed by atoms with E-state index in [-0.39, 0.29) is 12.5 Å². The van der Waals surface area contributed by atoms with Crippen molar-refractivity contribution in [3.63, 3.8) is 0 Å². The minimum Gasteiger partial charge on any atom is -0.489 e. The van der Waals surface area contributed by atoms with Gasteiger partial charge in [0.1, 0.15) is 18.2 Å². The van der Waals surface area contributed by atoms with Gasteiger partial charge in [0.25, 0.3) is 5.91 Å². The Morgan fingerprint density at radius 1 is 1.12 bits per heavy atom. The number of halogens is 2. The molecule has 4 rings (SSSR count). The third kappa shape index (κ3) is 4.72. The average Bonchev–Trinajstić information content (AvgIpc) is 3.01. The number of aryl methyl sites for hydroxylation is 2. The maximum Gasteiger partial charge on any atom is 0.270 e. The van der Waals surface area contributed by atoms with Gasteiger partial charge in [-0.3, -0.25) is 9.69 Å². The van der Waals surface area contributed by atoms with E-state index in [9.17, 15) is 9.18 Å². The van der Waals surface area contributed by atoms with Gasteiger partial charge in [-0.2, -0.15) is 0 Å². The summed E-state index contributed by atoms with van der Waals surface area (Å²) in [6.07, 6.45) is 1.78. The second-order valence-electron chi connectivity index (χ2n) is 7.37. The first-order valence-electron chi connectivity index (χ1n) is 9.84. The average molecular weight is 484 g/mol. The molecule has 3 aromatic carbocycles. The van der Waals surface area contributed by atoms with E-state index in [1.807, 2.05) is 44.2 Å². The number of nitrogens with zero attached hydrogens (tertiary/aromatic N) is 1. The minimum atomic E-state index is -0.413. The van der Waals surface area contributed by atoms with E-state index in [4.69, 9.17) is 28.6 Å². The lowest BCUT2D eigenvalue weighted by atomic mass is 10.1. The first-order valence-corrected chi connectivity index (χ1v) is 11.4. The van der Waals surface area contributed by atoms with Gasteiger partial charge in [0.2, 0.25) is 0 Å². The number of benzene rings is 3. The smallest absolute Gasteiger partial charge is 0.270 e. The zero-order chi connectivity index (χ0) is 22.8. The summed E-state index contributed by atoms with van der Waals surface area (Å²) in [6, 6.07) is 17.7. The van der Waals surface area contributed by atoms with Crippen molar-refractivity contribution in [1.29, 1.82) is 0 Å². The van der Waals surface area contributed by atoms with Crippen LogP contribution in [0, 0.1) is 19.7 Å². The molecule has 0 aromatic heterocycles. The summed E-state index contributed by atoms with van der Waals surface area (Å²) >= 11 is 12.8. The van der Waals surface area contributed by atoms with Gasteiger partial charge in [-0.05, 0) is 61.4 Å². The predicted molar refractivity (Wildman–Crippen MR) is 134 cm³/mol. The summed E-state index contributed by atoms with van der Waals surface area (Å²) in [5.74, 6) is -0.0249. The fourth-order valence-corrected chi connectivity index (χ4v) is 4.91. The standard InChI is InChI=1S/C25H19ClFNO2S2/c1-15-9-10-22(16(2)11-15)28-24(29)23(32-25(28)31)13-17-5-3-6-18(12-17)30-14-19-20(26)7-4-8-21(19)27/h3-13H,14H2,1-2H3/b23-13+. The van der Waals surface area contributed by atoms with Crippen LogP contribution in [0.2, 0.25) is 5.02 Å². The van der Waals surface area contributed by atoms with Gasteiger partial charge >= 0.3 is 0 Å². The number of hydrogen-bond acceptors (Lipinski definition) is 4. The molecule has 1 amide bonds. The number of carbonyl (C=O) groups is 1. The van der Waals surface area contributed by atoms with E-state index >= 15 is 0 Å². The van der Waals surface area contributed by atoms with Crippen LogP contribution in [0.4, 0.5) is 10.1 Å². The van der Waals surface area contributed by atoms with Crippen LogP contribution in [-0.2, 0) is 11.4 Å². The van der Waals surface area contributed by atoms with Gasteiger partial charge in [0, 0.05) is 5.56 Å². The number of amides is 1. The lowest BCUT2D eigenvalue weighted by Crippen LogP contribution is -2.28. The molecule has 162 valence electrons. The predicted octanol–water partition coefficient (Wildman–Crippen LogP) is 7.08. The van der Waals surface area contributed by atoms with Crippen LogP contribution in [0.5, 0.6) is 5.75 Å². The van der Waals surface area contributed by atoms with Crippen LogP contribution >= 0.6 is 35.6 Å². The zero-order valence-electron chi connectivity index (χ0n) is 17.4. The lowest BCUT2D eigenvalue weighted by Gasteiger charge is -2.17. The van der Waals surface area contributed by atoms with Gasteiger partial charge in [-0.15, -0.1) is 0 Å². The summed E-state index contributed by atoms with van der Waals surface area (Å²) < 4.78 is 20.2. The van der Waals surface area contributed by atoms with E-state index in [1.165, 1.54) is 17.8 Å². The number of carbonyl (C=O) groups excluding carboxylic acids is 1. The summed E-state index contributed by atoms with van der Waals surface area (Å²) in [4.78, 5) is 15.2. The van der Waals surface area contributed by atoms with E-state index in [2.05, 4.69) is 0 Å². The summed E-state index contributed by atoms with van der Waals surface area (Å²) in [6.45, 7) is 3.98. The van der Waals surface area contributed by atoms with E-state index in [0.29, 0.717) is 25.6 Å². The molecular formula is C25H19ClFNO2S2. The van der Waals surface area contributed by atoms with Gasteiger partial charge < -0.3 is 4.74 Å². The molecule has 1 fully saturated rings. The van der Waals surface area contributed by atoms with Crippen LogP contribution in [0.1, 0.15) is 22.3 Å². The number of ether oxygens (including phenoxy) is 1. The Kier molecular flexibility index (Phi) is 6.65. The molecule has 1 aliphatic rings. The largest absolute Gasteiger partial charge is 0.489 e. The van der Waals surface area contributed by atoms with Crippen molar-refractivity contribution in [2.75, 3.05) is 4.90 Å². The van der Waals surface area contributed by atoms with Crippen molar-refractivity contribution in [1.82, 2.24) is 0 Å². The van der Waals surface area contributed by atoms with Crippen LogP contribution < -0.4 is 9.64 Å². The van der Waals surface area contributed by atoms with Crippen LogP contribution in [0.15, 0.2) is 65.6 Å². The molecule has 1 saturated heterocycles. The van der Waals surface area contributed by atoms with Crippen LogP contribution in [0.3, 0.4) is 0 Å². The Balaban J connectivity index is 1.54. The first kappa shape index (κ1) is 22.5. The number of rotatable bonds is 5. The molecule has 0 bridgehead atoms. The first-order chi connectivity index (χ1) is 15.3. The lowest BCUT2D eigenvalue weighted by molar-refractivity contribution is -0.113. The number of hydrogen-bond donors (Lipinski definition) is 0. The molecule has 3 aromatic rings. The van der Waals surface area contributed by atoms with E-state index in [1.54, 1.807) is 35.2 Å². The maximum absolute atomic E-state index is 14.0. The van der Waals surface area contributed by atoms with Gasteiger partial charge in [-0.1, -0.05) is 71.5 Å². The normalized spacial score (nSPS) is 15.0. The second kappa shape index (κ2) is 9.45. The molecule has 0 unspecified atom stereocenters. The molecule has 0 aliphatic carbocycles. The van der Waals surface area contributed by atoms with Crippen LogP contribution in [-0.4, -0.2) is 10.2 Å². The fraction of sp³-hybridized carbons (Fsp3) is 0.120. The Labute approximate surface area is 200 Å². The summed E-state index contributed by atoms with van der Waals surface area (Å²) in [5, 5.41) is 0.316. The van der Waals surface area contributed by atoms with Crippen molar-refractivity contribution in [2.45, 2.75) is 20.5 Å². The van der Waals surface area contributed by atoms with E-state index < -0.39 is 5.82 Å². The maximum atomic E-state index is 14.0. The number of thioether (sulfide) groups is 1. The summed E-state index contributed by atoms with van der Waals surface area (Å²) in [7, 11) is 0. The van der Waals surface area contributed by atoms with E-state index in [0.717, 1.165) is 22.4 Å². The van der Waals surface area contributed by atoms with Gasteiger partial charge in [0.15, 0.2) is 4.32 Å². The second-order valence-corrected chi connectivity index (χ2v) is 9.45. The van der Waals surface area contributed by atoms with Crippen molar-refractivity contribution < 1.29 is 13.9 Å².